The summed E-state index contributed by atoms with van der Waals surface area (Å²) in [5.74, 6) is 0.640. The van der Waals surface area contributed by atoms with Gasteiger partial charge in [-0.2, -0.15) is 0 Å². The highest BCUT2D eigenvalue weighted by molar-refractivity contribution is 5.76. The standard InChI is InChI=1S/C11H18N4O2/c1-4-11(3,10(16)17)15-9(12-13-14-15)7(2)8-5-6-8/h7-8H,4-6H2,1-3H3,(H,16,17). The predicted octanol–water partition coefficient (Wildman–Crippen LogP) is 1.40. The van der Waals surface area contributed by atoms with E-state index in [1.54, 1.807) is 6.92 Å². The molecule has 2 unspecified atom stereocenters. The summed E-state index contributed by atoms with van der Waals surface area (Å²) in [5.41, 5.74) is -1.05. The Morgan fingerprint density at radius 1 is 1.65 bits per heavy atom. The molecule has 0 saturated heterocycles. The van der Waals surface area contributed by atoms with Gasteiger partial charge in [-0.05, 0) is 42.5 Å². The van der Waals surface area contributed by atoms with Crippen LogP contribution in [0.15, 0.2) is 0 Å². The van der Waals surface area contributed by atoms with Crippen LogP contribution in [0.2, 0.25) is 0 Å². The summed E-state index contributed by atoms with van der Waals surface area (Å²) in [6, 6.07) is 0. The number of carboxylic acids is 1. The van der Waals surface area contributed by atoms with Gasteiger partial charge in [-0.1, -0.05) is 13.8 Å². The molecular weight excluding hydrogens is 220 g/mol. The third-order valence-corrected chi connectivity index (χ3v) is 3.85. The van der Waals surface area contributed by atoms with Gasteiger partial charge in [-0.15, -0.1) is 5.10 Å². The number of hydrogen-bond acceptors (Lipinski definition) is 4. The number of nitrogens with zero attached hydrogens (tertiary/aromatic N) is 4. The number of aliphatic carboxylic acids is 1. The lowest BCUT2D eigenvalue weighted by Gasteiger charge is -2.25. The van der Waals surface area contributed by atoms with Crippen molar-refractivity contribution in [3.8, 4) is 0 Å². The molecule has 0 aromatic carbocycles. The molecule has 1 heterocycles. The quantitative estimate of drug-likeness (QED) is 0.838. The van der Waals surface area contributed by atoms with Gasteiger partial charge < -0.3 is 5.11 Å². The molecule has 0 radical (unpaired) electrons. The van der Waals surface area contributed by atoms with Crippen LogP contribution in [-0.4, -0.2) is 31.3 Å². The second kappa shape index (κ2) is 4.09. The van der Waals surface area contributed by atoms with Crippen LogP contribution in [-0.2, 0) is 10.3 Å². The molecule has 1 aliphatic rings. The van der Waals surface area contributed by atoms with E-state index in [0.29, 0.717) is 18.2 Å². The maximum absolute atomic E-state index is 11.4. The molecule has 6 heteroatoms. The highest BCUT2D eigenvalue weighted by Crippen LogP contribution is 2.42. The summed E-state index contributed by atoms with van der Waals surface area (Å²) in [6.45, 7) is 5.56. The van der Waals surface area contributed by atoms with Gasteiger partial charge in [0, 0.05) is 5.92 Å². The van der Waals surface area contributed by atoms with E-state index >= 15 is 0 Å². The van der Waals surface area contributed by atoms with Gasteiger partial charge in [0.05, 0.1) is 0 Å². The minimum absolute atomic E-state index is 0.232. The number of aromatic nitrogens is 4. The topological polar surface area (TPSA) is 80.9 Å². The fourth-order valence-corrected chi connectivity index (χ4v) is 2.03. The lowest BCUT2D eigenvalue weighted by Crippen LogP contribution is -2.40. The fourth-order valence-electron chi connectivity index (χ4n) is 2.03. The van der Waals surface area contributed by atoms with E-state index in [1.165, 1.54) is 17.5 Å². The summed E-state index contributed by atoms with van der Waals surface area (Å²) in [6.07, 6.45) is 2.83. The zero-order valence-electron chi connectivity index (χ0n) is 10.4. The van der Waals surface area contributed by atoms with E-state index in [4.69, 9.17) is 0 Å². The third-order valence-electron chi connectivity index (χ3n) is 3.85. The molecule has 2 atom stereocenters. The van der Waals surface area contributed by atoms with Gasteiger partial charge in [0.2, 0.25) is 0 Å². The van der Waals surface area contributed by atoms with Crippen molar-refractivity contribution in [2.75, 3.05) is 0 Å². The van der Waals surface area contributed by atoms with Gasteiger partial charge in [-0.25, -0.2) is 9.48 Å². The first-order chi connectivity index (χ1) is 8.00. The molecule has 1 N–H and O–H groups in total. The van der Waals surface area contributed by atoms with Crippen LogP contribution in [0.1, 0.15) is 51.8 Å². The van der Waals surface area contributed by atoms with Crippen molar-refractivity contribution in [3.63, 3.8) is 0 Å². The summed E-state index contributed by atoms with van der Waals surface area (Å²) < 4.78 is 1.48. The lowest BCUT2D eigenvalue weighted by atomic mass is 9.97. The van der Waals surface area contributed by atoms with Crippen LogP contribution >= 0.6 is 0 Å². The monoisotopic (exact) mass is 238 g/mol. The molecule has 1 aromatic heterocycles. The maximum Gasteiger partial charge on any atom is 0.331 e. The van der Waals surface area contributed by atoms with E-state index in [9.17, 15) is 9.90 Å². The molecule has 6 nitrogen and oxygen atoms in total. The van der Waals surface area contributed by atoms with Gasteiger partial charge in [0.25, 0.3) is 0 Å². The van der Waals surface area contributed by atoms with Crippen LogP contribution in [0.3, 0.4) is 0 Å². The Labute approximate surface area is 100 Å². The SMILES string of the molecule is CCC(C)(C(=O)O)n1nnnc1C(C)C1CC1. The smallest absolute Gasteiger partial charge is 0.331 e. The van der Waals surface area contributed by atoms with Gasteiger partial charge in [0.15, 0.2) is 11.4 Å². The summed E-state index contributed by atoms with van der Waals surface area (Å²) in [4.78, 5) is 11.4. The molecule has 1 aliphatic carbocycles. The number of carboxylic acid groups (broad SMARTS) is 1. The van der Waals surface area contributed by atoms with Crippen molar-refractivity contribution in [1.82, 2.24) is 20.2 Å². The average molecular weight is 238 g/mol. The summed E-state index contributed by atoms with van der Waals surface area (Å²) in [7, 11) is 0. The Bertz CT molecular complexity index is 427. The van der Waals surface area contributed by atoms with Crippen LogP contribution in [0.5, 0.6) is 0 Å². The maximum atomic E-state index is 11.4. The number of tetrazole rings is 1. The molecule has 17 heavy (non-hydrogen) atoms. The first-order valence-corrected chi connectivity index (χ1v) is 6.03. The molecule has 1 saturated carbocycles. The van der Waals surface area contributed by atoms with Gasteiger partial charge in [0.1, 0.15) is 0 Å². The highest BCUT2D eigenvalue weighted by atomic mass is 16.4. The number of hydrogen-bond donors (Lipinski definition) is 1. The Morgan fingerprint density at radius 2 is 2.29 bits per heavy atom. The fraction of sp³-hybridized carbons (Fsp3) is 0.818. The number of carbonyl (C=O) groups is 1. The predicted molar refractivity (Wildman–Crippen MR) is 60.5 cm³/mol. The Hall–Kier alpha value is -1.46. The number of rotatable bonds is 5. The van der Waals surface area contributed by atoms with Crippen LogP contribution < -0.4 is 0 Å². The van der Waals surface area contributed by atoms with Gasteiger partial charge in [-0.3, -0.25) is 0 Å². The molecule has 1 aromatic rings. The third kappa shape index (κ3) is 1.92. The van der Waals surface area contributed by atoms with Crippen molar-refractivity contribution in [2.24, 2.45) is 5.92 Å². The Morgan fingerprint density at radius 3 is 2.76 bits per heavy atom. The largest absolute Gasteiger partial charge is 0.479 e. The first kappa shape index (κ1) is 12.0. The van der Waals surface area contributed by atoms with Gasteiger partial charge >= 0.3 is 5.97 Å². The summed E-state index contributed by atoms with van der Waals surface area (Å²) >= 11 is 0. The van der Waals surface area contributed by atoms with Crippen molar-refractivity contribution in [2.45, 2.75) is 51.5 Å². The van der Waals surface area contributed by atoms with E-state index in [1.807, 2.05) is 6.92 Å². The van der Waals surface area contributed by atoms with E-state index in [-0.39, 0.29) is 5.92 Å². The normalized spacial score (nSPS) is 20.9. The van der Waals surface area contributed by atoms with Crippen molar-refractivity contribution < 1.29 is 9.90 Å². The Kier molecular flexibility index (Phi) is 2.89. The minimum atomic E-state index is -1.05. The second-order valence-corrected chi connectivity index (χ2v) is 5.01. The molecule has 2 rings (SSSR count). The molecule has 0 amide bonds. The second-order valence-electron chi connectivity index (χ2n) is 5.01. The molecule has 94 valence electrons. The highest BCUT2D eigenvalue weighted by Gasteiger charge is 2.40. The molecule has 0 spiro atoms. The molecule has 1 fully saturated rings. The first-order valence-electron chi connectivity index (χ1n) is 6.03. The van der Waals surface area contributed by atoms with E-state index in [2.05, 4.69) is 22.4 Å². The zero-order valence-corrected chi connectivity index (χ0v) is 10.4. The van der Waals surface area contributed by atoms with Crippen molar-refractivity contribution in [3.05, 3.63) is 5.82 Å². The lowest BCUT2D eigenvalue weighted by molar-refractivity contribution is -0.147. The van der Waals surface area contributed by atoms with Crippen LogP contribution in [0, 0.1) is 5.92 Å². The molecular formula is C11H18N4O2. The van der Waals surface area contributed by atoms with Crippen molar-refractivity contribution in [1.29, 1.82) is 0 Å². The zero-order chi connectivity index (χ0) is 12.6. The van der Waals surface area contributed by atoms with E-state index < -0.39 is 11.5 Å². The van der Waals surface area contributed by atoms with Crippen LogP contribution in [0.25, 0.3) is 0 Å². The summed E-state index contributed by atoms with van der Waals surface area (Å²) in [5, 5.41) is 20.9. The van der Waals surface area contributed by atoms with Crippen molar-refractivity contribution >= 4 is 5.97 Å². The molecule has 0 bridgehead atoms. The van der Waals surface area contributed by atoms with Crippen LogP contribution in [0.4, 0.5) is 0 Å². The average Bonchev–Trinajstić information content (AvgIpc) is 3.04. The van der Waals surface area contributed by atoms with E-state index in [0.717, 1.165) is 0 Å². The minimum Gasteiger partial charge on any atom is -0.479 e. The molecule has 0 aliphatic heterocycles. The Balaban J connectivity index is 2.37.